The lowest BCUT2D eigenvalue weighted by atomic mass is 10.1. The van der Waals surface area contributed by atoms with Gasteiger partial charge in [-0.1, -0.05) is 41.7 Å². The molecule has 2 amide bonds. The smallest absolute Gasteiger partial charge is 0.260 e. The summed E-state index contributed by atoms with van der Waals surface area (Å²) in [6, 6.07) is 14.4. The molecule has 0 spiro atoms. The molecule has 0 unspecified atom stereocenters. The molecular formula is C19H20N4O3S. The summed E-state index contributed by atoms with van der Waals surface area (Å²) in [6.07, 6.45) is 0.101. The number of para-hydroxylation sites is 2. The van der Waals surface area contributed by atoms with E-state index in [0.29, 0.717) is 10.9 Å². The molecule has 0 aliphatic carbocycles. The molecule has 0 bridgehead atoms. The van der Waals surface area contributed by atoms with Gasteiger partial charge in [0.05, 0.1) is 23.7 Å². The highest BCUT2D eigenvalue weighted by atomic mass is 32.1. The van der Waals surface area contributed by atoms with Gasteiger partial charge in [0.1, 0.15) is 11.8 Å². The predicted molar refractivity (Wildman–Crippen MR) is 106 cm³/mol. The van der Waals surface area contributed by atoms with Crippen molar-refractivity contribution in [2.24, 2.45) is 0 Å². The Morgan fingerprint density at radius 3 is 2.63 bits per heavy atom. The SMILES string of the molecule is COc1ccccc1CC(=O)NNC(=O)[C@@H](C)Nc1nc2ccccc2s1. The predicted octanol–water partition coefficient (Wildman–Crippen LogP) is 2.50. The number of aromatic nitrogens is 1. The van der Waals surface area contributed by atoms with Crippen molar-refractivity contribution >= 4 is 38.5 Å². The summed E-state index contributed by atoms with van der Waals surface area (Å²) in [7, 11) is 1.55. The zero-order chi connectivity index (χ0) is 19.2. The number of nitrogens with one attached hydrogen (secondary N) is 3. The monoisotopic (exact) mass is 384 g/mol. The first kappa shape index (κ1) is 18.7. The zero-order valence-corrected chi connectivity index (χ0v) is 15.8. The molecule has 3 N–H and O–H groups in total. The maximum Gasteiger partial charge on any atom is 0.260 e. The van der Waals surface area contributed by atoms with Gasteiger partial charge < -0.3 is 10.1 Å². The minimum absolute atomic E-state index is 0.101. The average Bonchev–Trinajstić information content (AvgIpc) is 3.08. The molecule has 1 aromatic heterocycles. The summed E-state index contributed by atoms with van der Waals surface area (Å²) in [4.78, 5) is 28.7. The number of rotatable bonds is 6. The first-order valence-electron chi connectivity index (χ1n) is 8.39. The van der Waals surface area contributed by atoms with Crippen LogP contribution in [0.25, 0.3) is 10.2 Å². The number of hydrogen-bond acceptors (Lipinski definition) is 6. The van der Waals surface area contributed by atoms with Gasteiger partial charge in [0.15, 0.2) is 5.13 Å². The summed E-state index contributed by atoms with van der Waals surface area (Å²) >= 11 is 1.47. The lowest BCUT2D eigenvalue weighted by Gasteiger charge is -2.14. The number of hydrazine groups is 1. The van der Waals surface area contributed by atoms with Crippen molar-refractivity contribution in [1.82, 2.24) is 15.8 Å². The van der Waals surface area contributed by atoms with Gasteiger partial charge in [-0.2, -0.15) is 0 Å². The number of nitrogens with zero attached hydrogens (tertiary/aromatic N) is 1. The molecule has 0 fully saturated rings. The molecule has 3 rings (SSSR count). The average molecular weight is 384 g/mol. The van der Waals surface area contributed by atoms with Crippen molar-refractivity contribution in [3.63, 3.8) is 0 Å². The number of hydrogen-bond donors (Lipinski definition) is 3. The summed E-state index contributed by atoms with van der Waals surface area (Å²) in [6.45, 7) is 1.70. The van der Waals surface area contributed by atoms with Crippen LogP contribution in [0.3, 0.4) is 0 Å². The maximum absolute atomic E-state index is 12.2. The van der Waals surface area contributed by atoms with Gasteiger partial charge >= 0.3 is 0 Å². The summed E-state index contributed by atoms with van der Waals surface area (Å²) in [5.74, 6) is -0.0625. The van der Waals surface area contributed by atoms with Crippen LogP contribution in [0.1, 0.15) is 12.5 Å². The number of thiazole rings is 1. The van der Waals surface area contributed by atoms with Crippen LogP contribution in [0.5, 0.6) is 5.75 Å². The second-order valence-corrected chi connectivity index (χ2v) is 6.91. The van der Waals surface area contributed by atoms with Gasteiger partial charge in [-0.15, -0.1) is 0 Å². The number of anilines is 1. The minimum Gasteiger partial charge on any atom is -0.496 e. The van der Waals surface area contributed by atoms with Gasteiger partial charge in [-0.3, -0.25) is 20.4 Å². The molecule has 1 atom stereocenters. The quantitative estimate of drug-likeness (QED) is 0.568. The Kier molecular flexibility index (Phi) is 5.87. The van der Waals surface area contributed by atoms with E-state index in [4.69, 9.17) is 4.74 Å². The van der Waals surface area contributed by atoms with E-state index in [1.54, 1.807) is 26.2 Å². The Hall–Kier alpha value is -3.13. The van der Waals surface area contributed by atoms with Crippen molar-refractivity contribution in [1.29, 1.82) is 0 Å². The Labute approximate surface area is 160 Å². The molecule has 0 aliphatic rings. The van der Waals surface area contributed by atoms with Crippen LogP contribution in [0.15, 0.2) is 48.5 Å². The molecule has 1 heterocycles. The van der Waals surface area contributed by atoms with Gasteiger partial charge in [0.2, 0.25) is 5.91 Å². The number of ether oxygens (including phenoxy) is 1. The fraction of sp³-hybridized carbons (Fsp3) is 0.211. The Morgan fingerprint density at radius 1 is 1.11 bits per heavy atom. The molecular weight excluding hydrogens is 364 g/mol. The lowest BCUT2D eigenvalue weighted by molar-refractivity contribution is -0.128. The Bertz CT molecular complexity index is 924. The molecule has 0 aliphatic heterocycles. The number of carbonyl (C=O) groups excluding carboxylic acids is 2. The normalized spacial score (nSPS) is 11.6. The van der Waals surface area contributed by atoms with Gasteiger partial charge in [-0.05, 0) is 25.1 Å². The van der Waals surface area contributed by atoms with Crippen LogP contribution in [0.2, 0.25) is 0 Å². The van der Waals surface area contributed by atoms with E-state index < -0.39 is 6.04 Å². The largest absolute Gasteiger partial charge is 0.496 e. The third-order valence-corrected chi connectivity index (χ3v) is 4.86. The third-order valence-electron chi connectivity index (χ3n) is 3.90. The van der Waals surface area contributed by atoms with Crippen molar-refractivity contribution in [3.05, 3.63) is 54.1 Å². The van der Waals surface area contributed by atoms with Crippen LogP contribution < -0.4 is 20.9 Å². The maximum atomic E-state index is 12.2. The molecule has 0 saturated carbocycles. The van der Waals surface area contributed by atoms with Crippen LogP contribution in [-0.4, -0.2) is 29.9 Å². The van der Waals surface area contributed by atoms with E-state index >= 15 is 0 Å². The van der Waals surface area contributed by atoms with Gasteiger partial charge in [0.25, 0.3) is 5.91 Å². The van der Waals surface area contributed by atoms with Crippen LogP contribution in [-0.2, 0) is 16.0 Å². The Morgan fingerprint density at radius 2 is 1.85 bits per heavy atom. The van der Waals surface area contributed by atoms with E-state index in [0.717, 1.165) is 15.8 Å². The summed E-state index contributed by atoms with van der Waals surface area (Å²) in [5, 5.41) is 3.70. The van der Waals surface area contributed by atoms with Crippen molar-refractivity contribution in [3.8, 4) is 5.75 Å². The topological polar surface area (TPSA) is 92.4 Å². The zero-order valence-electron chi connectivity index (χ0n) is 15.0. The fourth-order valence-corrected chi connectivity index (χ4v) is 3.44. The molecule has 140 valence electrons. The van der Waals surface area contributed by atoms with E-state index in [-0.39, 0.29) is 18.2 Å². The van der Waals surface area contributed by atoms with Crippen LogP contribution >= 0.6 is 11.3 Å². The number of amides is 2. The van der Waals surface area contributed by atoms with Crippen molar-refractivity contribution in [2.45, 2.75) is 19.4 Å². The standard InChI is InChI=1S/C19H20N4O3S/c1-12(20-19-21-14-8-4-6-10-16(14)27-19)18(25)23-22-17(24)11-13-7-3-5-9-15(13)26-2/h3-10,12H,11H2,1-2H3,(H,20,21)(H,22,24)(H,23,25)/t12-/m1/s1. The van der Waals surface area contributed by atoms with Crippen LogP contribution in [0.4, 0.5) is 5.13 Å². The molecule has 2 aromatic carbocycles. The van der Waals surface area contributed by atoms with Crippen molar-refractivity contribution < 1.29 is 14.3 Å². The van der Waals surface area contributed by atoms with Crippen LogP contribution in [0, 0.1) is 0 Å². The van der Waals surface area contributed by atoms with Gasteiger partial charge in [0, 0.05) is 5.56 Å². The summed E-state index contributed by atoms with van der Waals surface area (Å²) < 4.78 is 6.26. The van der Waals surface area contributed by atoms with E-state index in [1.807, 2.05) is 36.4 Å². The molecule has 27 heavy (non-hydrogen) atoms. The first-order valence-corrected chi connectivity index (χ1v) is 9.21. The molecule has 7 nitrogen and oxygen atoms in total. The fourth-order valence-electron chi connectivity index (χ4n) is 2.49. The summed E-state index contributed by atoms with van der Waals surface area (Å²) in [5.41, 5.74) is 6.47. The van der Waals surface area contributed by atoms with E-state index in [9.17, 15) is 9.59 Å². The highest BCUT2D eigenvalue weighted by Gasteiger charge is 2.16. The number of methoxy groups -OCH3 is 1. The first-order chi connectivity index (χ1) is 13.1. The van der Waals surface area contributed by atoms with Gasteiger partial charge in [-0.25, -0.2) is 4.98 Å². The highest BCUT2D eigenvalue weighted by Crippen LogP contribution is 2.25. The Balaban J connectivity index is 1.51. The van der Waals surface area contributed by atoms with E-state index in [1.165, 1.54) is 11.3 Å². The lowest BCUT2D eigenvalue weighted by Crippen LogP contribution is -2.48. The second kappa shape index (κ2) is 8.50. The van der Waals surface area contributed by atoms with E-state index in [2.05, 4.69) is 21.2 Å². The second-order valence-electron chi connectivity index (χ2n) is 5.88. The highest BCUT2D eigenvalue weighted by molar-refractivity contribution is 7.22. The van der Waals surface area contributed by atoms with Crippen molar-refractivity contribution in [2.75, 3.05) is 12.4 Å². The number of carbonyl (C=O) groups is 2. The third kappa shape index (κ3) is 4.73. The number of benzene rings is 2. The molecule has 8 heteroatoms. The molecule has 3 aromatic rings. The number of fused-ring (bicyclic) bond motifs is 1. The minimum atomic E-state index is -0.558. The molecule has 0 radical (unpaired) electrons. The molecule has 0 saturated heterocycles.